The molecule has 4 rings (SSSR count). The number of esters is 1. The predicted octanol–water partition coefficient (Wildman–Crippen LogP) is 5.13. The summed E-state index contributed by atoms with van der Waals surface area (Å²) in [5.41, 5.74) is 1.50. The van der Waals surface area contributed by atoms with E-state index in [9.17, 15) is 14.4 Å². The number of rotatable bonds is 13. The molecule has 1 aliphatic carbocycles. The smallest absolute Gasteiger partial charge is 0.410 e. The largest absolute Gasteiger partial charge is 0.457 e. The summed E-state index contributed by atoms with van der Waals surface area (Å²) in [6.07, 6.45) is 5.37. The van der Waals surface area contributed by atoms with E-state index in [0.717, 1.165) is 43.0 Å². The van der Waals surface area contributed by atoms with Gasteiger partial charge in [0.25, 0.3) is 0 Å². The van der Waals surface area contributed by atoms with Crippen LogP contribution in [0.5, 0.6) is 0 Å². The highest BCUT2D eigenvalue weighted by atomic mass is 32.2. The zero-order chi connectivity index (χ0) is 28.3. The summed E-state index contributed by atoms with van der Waals surface area (Å²) >= 11 is 1.83. The highest BCUT2D eigenvalue weighted by molar-refractivity contribution is 8.00. The summed E-state index contributed by atoms with van der Waals surface area (Å²) < 4.78 is 17.5. The van der Waals surface area contributed by atoms with Crippen molar-refractivity contribution >= 4 is 38.0 Å². The molecule has 0 N–H and O–H groups in total. The summed E-state index contributed by atoms with van der Waals surface area (Å²) in [7, 11) is -1.89. The molecule has 1 saturated carbocycles. The maximum atomic E-state index is 13.6. The molecular weight excluding hydrogens is 532 g/mol. The van der Waals surface area contributed by atoms with Gasteiger partial charge in [0.2, 0.25) is 5.91 Å². The van der Waals surface area contributed by atoms with Crippen LogP contribution in [-0.4, -0.2) is 85.0 Å². The van der Waals surface area contributed by atoms with E-state index in [2.05, 4.69) is 40.9 Å². The number of amides is 2. The van der Waals surface area contributed by atoms with Crippen molar-refractivity contribution in [1.82, 2.24) is 9.80 Å². The van der Waals surface area contributed by atoms with Gasteiger partial charge in [0.15, 0.2) is 8.32 Å². The predicted molar refractivity (Wildman–Crippen MR) is 156 cm³/mol. The lowest BCUT2D eigenvalue weighted by atomic mass is 9.77. The number of hydrogen-bond donors (Lipinski definition) is 0. The first kappa shape index (κ1) is 29.9. The molecule has 6 atom stereocenters. The van der Waals surface area contributed by atoms with Gasteiger partial charge in [-0.2, -0.15) is 0 Å². The molecule has 0 radical (unpaired) electrons. The molecule has 3 aliphatic heterocycles. The molecule has 8 nitrogen and oxygen atoms in total. The van der Waals surface area contributed by atoms with E-state index in [1.54, 1.807) is 22.0 Å². The van der Waals surface area contributed by atoms with Gasteiger partial charge >= 0.3 is 12.1 Å². The second-order valence-electron chi connectivity index (χ2n) is 11.0. The van der Waals surface area contributed by atoms with Crippen molar-refractivity contribution in [3.05, 3.63) is 36.6 Å². The number of nitrogens with zero attached hydrogens (tertiary/aromatic N) is 2. The molecule has 216 valence electrons. The summed E-state index contributed by atoms with van der Waals surface area (Å²) in [6.45, 7) is 17.5. The molecule has 2 amide bonds. The Morgan fingerprint density at radius 3 is 2.38 bits per heavy atom. The van der Waals surface area contributed by atoms with Crippen LogP contribution >= 0.6 is 11.8 Å². The second-order valence-corrected chi connectivity index (χ2v) is 17.2. The molecule has 0 aromatic carbocycles. The Balaban J connectivity index is 1.53. The van der Waals surface area contributed by atoms with Gasteiger partial charge in [-0.25, -0.2) is 9.59 Å². The van der Waals surface area contributed by atoms with Gasteiger partial charge in [0.05, 0.1) is 18.1 Å². The van der Waals surface area contributed by atoms with Crippen LogP contribution in [-0.2, 0) is 23.5 Å². The van der Waals surface area contributed by atoms with Gasteiger partial charge < -0.3 is 23.7 Å². The van der Waals surface area contributed by atoms with E-state index in [4.69, 9.17) is 13.9 Å². The standard InChI is InChI=1S/C29H44N2O6SSi/c1-7-16-35-28(33)26-24-21(12-13-22(24)38-20-14-15-30(18-20)29(34)36-17-8-2)25-23(27(32)31(25)26)19(6)37-39(9-3,10-4)11-5/h7-8,19-23,25H,1-2,9-18H2,3-6H3/t19-,20+,21-,22?,23-,25-/m1/s1. The molecule has 0 aromatic heterocycles. The number of thioether (sulfide) groups is 1. The van der Waals surface area contributed by atoms with Crippen molar-refractivity contribution in [2.45, 2.75) is 87.7 Å². The number of ether oxygens (including phenoxy) is 2. The Hall–Kier alpha value is -2.04. The van der Waals surface area contributed by atoms with E-state index in [1.165, 1.54) is 0 Å². The van der Waals surface area contributed by atoms with Crippen molar-refractivity contribution in [2.75, 3.05) is 26.3 Å². The Kier molecular flexibility index (Phi) is 9.70. The minimum absolute atomic E-state index is 0.0214. The number of fused-ring (bicyclic) bond motifs is 3. The first-order chi connectivity index (χ1) is 18.7. The van der Waals surface area contributed by atoms with E-state index < -0.39 is 14.3 Å². The van der Waals surface area contributed by atoms with Crippen LogP contribution in [0.2, 0.25) is 18.1 Å². The normalized spacial score (nSPS) is 28.6. The third kappa shape index (κ3) is 5.61. The third-order valence-corrected chi connectivity index (χ3v) is 15.4. The van der Waals surface area contributed by atoms with Gasteiger partial charge in [0, 0.05) is 29.5 Å². The highest BCUT2D eigenvalue weighted by Crippen LogP contribution is 2.57. The average molecular weight is 577 g/mol. The molecule has 0 spiro atoms. The van der Waals surface area contributed by atoms with Crippen LogP contribution < -0.4 is 0 Å². The molecule has 39 heavy (non-hydrogen) atoms. The minimum atomic E-state index is -1.89. The van der Waals surface area contributed by atoms with Crippen molar-refractivity contribution in [3.8, 4) is 0 Å². The number of hydrogen-bond acceptors (Lipinski definition) is 7. The molecule has 0 bridgehead atoms. The van der Waals surface area contributed by atoms with Gasteiger partial charge in [-0.05, 0) is 49.9 Å². The Morgan fingerprint density at radius 1 is 1.08 bits per heavy atom. The summed E-state index contributed by atoms with van der Waals surface area (Å²) in [4.78, 5) is 42.7. The number of likely N-dealkylation sites (tertiary alicyclic amines) is 1. The maximum Gasteiger partial charge on any atom is 0.410 e. The van der Waals surface area contributed by atoms with Gasteiger partial charge in [-0.3, -0.25) is 4.79 Å². The van der Waals surface area contributed by atoms with Crippen LogP contribution in [0.15, 0.2) is 36.6 Å². The minimum Gasteiger partial charge on any atom is -0.457 e. The van der Waals surface area contributed by atoms with E-state index >= 15 is 0 Å². The molecule has 2 saturated heterocycles. The second kappa shape index (κ2) is 12.6. The number of carbonyl (C=O) groups excluding carboxylic acids is 3. The molecule has 3 heterocycles. The van der Waals surface area contributed by atoms with Crippen molar-refractivity contribution < 1.29 is 28.3 Å². The van der Waals surface area contributed by atoms with Crippen LogP contribution in [0.4, 0.5) is 4.79 Å². The molecule has 1 unspecified atom stereocenters. The molecule has 4 aliphatic rings. The van der Waals surface area contributed by atoms with E-state index in [1.807, 2.05) is 11.8 Å². The average Bonchev–Trinajstić information content (AvgIpc) is 3.64. The fourth-order valence-corrected chi connectivity index (χ4v) is 11.5. The lowest BCUT2D eigenvalue weighted by molar-refractivity contribution is -0.163. The zero-order valence-corrected chi connectivity index (χ0v) is 25.7. The quantitative estimate of drug-likeness (QED) is 0.130. The van der Waals surface area contributed by atoms with E-state index in [-0.39, 0.29) is 59.7 Å². The Morgan fingerprint density at radius 2 is 1.74 bits per heavy atom. The van der Waals surface area contributed by atoms with E-state index in [0.29, 0.717) is 18.8 Å². The highest BCUT2D eigenvalue weighted by Gasteiger charge is 2.64. The van der Waals surface area contributed by atoms with Crippen molar-refractivity contribution in [2.24, 2.45) is 11.8 Å². The first-order valence-corrected chi connectivity index (χ1v) is 17.9. The Labute approximate surface area is 238 Å². The van der Waals surface area contributed by atoms with Crippen molar-refractivity contribution in [3.63, 3.8) is 0 Å². The monoisotopic (exact) mass is 576 g/mol. The van der Waals surface area contributed by atoms with Gasteiger partial charge in [0.1, 0.15) is 18.9 Å². The van der Waals surface area contributed by atoms with Crippen LogP contribution in [0.1, 0.15) is 47.0 Å². The number of β-lactam (4-membered cyclic amide) rings is 1. The molecule has 3 fully saturated rings. The first-order valence-electron chi connectivity index (χ1n) is 14.5. The lowest BCUT2D eigenvalue weighted by Crippen LogP contribution is -2.65. The SMILES string of the molecule is C=CCOC(=O)C1=C2C(S[C@H]3CCN(C(=O)OCC=C)C3)CC[C@H]2[C@@H]2[C@@H]([C@@H](C)O[Si](CC)(CC)CC)C(=O)N12. The fourth-order valence-electron chi connectivity index (χ4n) is 6.89. The third-order valence-electron chi connectivity index (χ3n) is 9.09. The molecule has 0 aromatic rings. The molecular formula is C29H44N2O6SSi. The fraction of sp³-hybridized carbons (Fsp3) is 0.690. The topological polar surface area (TPSA) is 85.4 Å². The maximum absolute atomic E-state index is 13.6. The lowest BCUT2D eigenvalue weighted by Gasteiger charge is -2.49. The Bertz CT molecular complexity index is 1010. The van der Waals surface area contributed by atoms with Crippen LogP contribution in [0, 0.1) is 11.8 Å². The van der Waals surface area contributed by atoms with Crippen LogP contribution in [0.3, 0.4) is 0 Å². The summed E-state index contributed by atoms with van der Waals surface area (Å²) in [5, 5.41) is 0.358. The van der Waals surface area contributed by atoms with Crippen molar-refractivity contribution in [1.29, 1.82) is 0 Å². The number of carbonyl (C=O) groups is 3. The summed E-state index contributed by atoms with van der Waals surface area (Å²) in [6, 6.07) is 3.04. The zero-order valence-electron chi connectivity index (χ0n) is 23.9. The van der Waals surface area contributed by atoms with Gasteiger partial charge in [-0.15, -0.1) is 11.8 Å². The summed E-state index contributed by atoms with van der Waals surface area (Å²) in [5.74, 6) is -0.562. The van der Waals surface area contributed by atoms with Crippen LogP contribution in [0.25, 0.3) is 0 Å². The van der Waals surface area contributed by atoms with Gasteiger partial charge in [-0.1, -0.05) is 46.1 Å². The molecule has 10 heteroatoms.